The second-order valence-electron chi connectivity index (χ2n) is 9.75. The van der Waals surface area contributed by atoms with Crippen molar-refractivity contribution in [3.05, 3.63) is 83.9 Å². The van der Waals surface area contributed by atoms with E-state index in [1.54, 1.807) is 36.4 Å². The summed E-state index contributed by atoms with van der Waals surface area (Å²) in [5.41, 5.74) is 2.15. The molecule has 214 valence electrons. The van der Waals surface area contributed by atoms with Gasteiger partial charge in [-0.15, -0.1) is 0 Å². The van der Waals surface area contributed by atoms with E-state index in [1.165, 1.54) is 28.6 Å². The number of hydrogen-bond donors (Lipinski definition) is 1. The zero-order chi connectivity index (χ0) is 28.8. The van der Waals surface area contributed by atoms with Gasteiger partial charge in [-0.2, -0.15) is 4.31 Å². The van der Waals surface area contributed by atoms with Crippen LogP contribution in [0.2, 0.25) is 0 Å². The van der Waals surface area contributed by atoms with Gasteiger partial charge in [0.15, 0.2) is 0 Å². The van der Waals surface area contributed by atoms with E-state index < -0.39 is 32.5 Å². The highest BCUT2D eigenvalue weighted by Gasteiger charge is 2.28. The molecule has 1 heterocycles. The lowest BCUT2D eigenvalue weighted by atomic mass is 10.1. The second kappa shape index (κ2) is 12.8. The third-order valence-electron chi connectivity index (χ3n) is 6.71. The zero-order valence-corrected chi connectivity index (χ0v) is 24.4. The van der Waals surface area contributed by atoms with Crippen LogP contribution in [0.1, 0.15) is 30.4 Å². The monoisotopic (exact) mass is 585 g/mol. The van der Waals surface area contributed by atoms with Crippen molar-refractivity contribution in [3.8, 4) is 5.75 Å². The van der Waals surface area contributed by atoms with Crippen LogP contribution in [0.15, 0.2) is 82.6 Å². The Morgan fingerprint density at radius 3 is 2.20 bits per heavy atom. The molecule has 40 heavy (non-hydrogen) atoms. The van der Waals surface area contributed by atoms with Gasteiger partial charge in [0, 0.05) is 13.1 Å². The second-order valence-corrected chi connectivity index (χ2v) is 13.5. The van der Waals surface area contributed by atoms with Gasteiger partial charge >= 0.3 is 0 Å². The quantitative estimate of drug-likeness (QED) is 0.342. The lowest BCUT2D eigenvalue weighted by Crippen LogP contribution is -2.42. The number of nitrogens with one attached hydrogen (secondary N) is 1. The highest BCUT2D eigenvalue weighted by Crippen LogP contribution is 2.27. The van der Waals surface area contributed by atoms with Crippen LogP contribution in [0.4, 0.5) is 5.69 Å². The molecule has 11 heteroatoms. The van der Waals surface area contributed by atoms with Crippen LogP contribution in [0.5, 0.6) is 5.75 Å². The standard InChI is InChI=1S/C29H35N3O6S2/c1-23-11-16-28(24(2)21-23)32(40(36,37)26-9-5-3-6-10-26)22-29(33)30-17-20-38-25-12-14-27(15-13-25)39(34,35)31-18-7-4-8-19-31/h3,5-6,9-16,21H,4,7-8,17-20,22H2,1-2H3,(H,30,33). The molecule has 0 saturated carbocycles. The van der Waals surface area contributed by atoms with Crippen LogP contribution in [0.3, 0.4) is 0 Å². The summed E-state index contributed by atoms with van der Waals surface area (Å²) in [5.74, 6) is -0.0125. The molecule has 1 N–H and O–H groups in total. The first kappa shape index (κ1) is 29.6. The van der Waals surface area contributed by atoms with Gasteiger partial charge in [0.25, 0.3) is 10.0 Å². The van der Waals surface area contributed by atoms with Gasteiger partial charge in [-0.25, -0.2) is 16.8 Å². The van der Waals surface area contributed by atoms with Gasteiger partial charge in [-0.1, -0.05) is 42.3 Å². The van der Waals surface area contributed by atoms with Crippen molar-refractivity contribution in [2.75, 3.05) is 37.1 Å². The summed E-state index contributed by atoms with van der Waals surface area (Å²) in [4.78, 5) is 13.2. The molecule has 0 aromatic heterocycles. The third kappa shape index (κ3) is 7.01. The summed E-state index contributed by atoms with van der Waals surface area (Å²) in [6, 6.07) is 19.6. The van der Waals surface area contributed by atoms with Gasteiger partial charge in [0.1, 0.15) is 18.9 Å². The first-order valence-electron chi connectivity index (χ1n) is 13.2. The van der Waals surface area contributed by atoms with Crippen molar-refractivity contribution in [3.63, 3.8) is 0 Å². The highest BCUT2D eigenvalue weighted by atomic mass is 32.2. The van der Waals surface area contributed by atoms with Crippen LogP contribution in [-0.2, 0) is 24.8 Å². The molecule has 4 rings (SSSR count). The van der Waals surface area contributed by atoms with Crippen molar-refractivity contribution in [1.29, 1.82) is 0 Å². The first-order chi connectivity index (χ1) is 19.1. The zero-order valence-electron chi connectivity index (χ0n) is 22.7. The van der Waals surface area contributed by atoms with E-state index in [0.717, 1.165) is 34.7 Å². The maximum atomic E-state index is 13.5. The normalized spacial score (nSPS) is 14.4. The molecule has 3 aromatic rings. The van der Waals surface area contributed by atoms with E-state index in [0.29, 0.717) is 24.5 Å². The van der Waals surface area contributed by atoms with Crippen molar-refractivity contribution < 1.29 is 26.4 Å². The minimum atomic E-state index is -3.99. The Labute approximate surface area is 236 Å². The lowest BCUT2D eigenvalue weighted by molar-refractivity contribution is -0.119. The van der Waals surface area contributed by atoms with E-state index in [4.69, 9.17) is 4.74 Å². The Hall–Kier alpha value is -3.41. The number of anilines is 1. The van der Waals surface area contributed by atoms with Gasteiger partial charge in [-0.3, -0.25) is 9.10 Å². The van der Waals surface area contributed by atoms with E-state index in [2.05, 4.69) is 5.32 Å². The molecule has 0 atom stereocenters. The number of aryl methyl sites for hydroxylation is 2. The summed E-state index contributed by atoms with van der Waals surface area (Å²) >= 11 is 0. The maximum Gasteiger partial charge on any atom is 0.264 e. The number of carbonyl (C=O) groups excluding carboxylic acids is 1. The largest absolute Gasteiger partial charge is 0.492 e. The average molecular weight is 586 g/mol. The Morgan fingerprint density at radius 2 is 1.55 bits per heavy atom. The summed E-state index contributed by atoms with van der Waals surface area (Å²) in [6.07, 6.45) is 2.78. The molecule has 0 bridgehead atoms. The Bertz CT molecular complexity index is 1520. The molecule has 1 saturated heterocycles. The SMILES string of the molecule is Cc1ccc(N(CC(=O)NCCOc2ccc(S(=O)(=O)N3CCCCC3)cc2)S(=O)(=O)c2ccccc2)c(C)c1. The summed E-state index contributed by atoms with van der Waals surface area (Å²) < 4.78 is 60.9. The van der Waals surface area contributed by atoms with Crippen molar-refractivity contribution in [2.24, 2.45) is 0 Å². The predicted molar refractivity (Wildman–Crippen MR) is 154 cm³/mol. The molecule has 1 aliphatic heterocycles. The molecule has 9 nitrogen and oxygen atoms in total. The molecule has 0 spiro atoms. The first-order valence-corrected chi connectivity index (χ1v) is 16.1. The predicted octanol–water partition coefficient (Wildman–Crippen LogP) is 3.87. The van der Waals surface area contributed by atoms with Crippen molar-refractivity contribution >= 4 is 31.6 Å². The van der Waals surface area contributed by atoms with Crippen LogP contribution in [0.25, 0.3) is 0 Å². The number of hydrogen-bond acceptors (Lipinski definition) is 6. The van der Waals surface area contributed by atoms with Crippen LogP contribution in [-0.4, -0.2) is 59.8 Å². The van der Waals surface area contributed by atoms with Gasteiger partial charge in [-0.05, 0) is 74.7 Å². The Kier molecular flexibility index (Phi) is 9.49. The molecular weight excluding hydrogens is 550 g/mol. The molecule has 1 aliphatic rings. The molecule has 0 aliphatic carbocycles. The fraction of sp³-hybridized carbons (Fsp3) is 0.345. The number of ether oxygens (including phenoxy) is 1. The van der Waals surface area contributed by atoms with Crippen LogP contribution >= 0.6 is 0 Å². The topological polar surface area (TPSA) is 113 Å². The van der Waals surface area contributed by atoms with Gasteiger partial charge in [0.05, 0.1) is 22.0 Å². The maximum absolute atomic E-state index is 13.5. The van der Waals surface area contributed by atoms with Crippen LogP contribution in [0, 0.1) is 13.8 Å². The van der Waals surface area contributed by atoms with E-state index >= 15 is 0 Å². The van der Waals surface area contributed by atoms with Crippen molar-refractivity contribution in [1.82, 2.24) is 9.62 Å². The number of sulfonamides is 2. The molecule has 1 fully saturated rings. The minimum Gasteiger partial charge on any atom is -0.492 e. The molecular formula is C29H35N3O6S2. The van der Waals surface area contributed by atoms with E-state index in [1.807, 2.05) is 26.0 Å². The molecule has 1 amide bonds. The average Bonchev–Trinajstić information content (AvgIpc) is 2.95. The fourth-order valence-electron chi connectivity index (χ4n) is 4.61. The third-order valence-corrected chi connectivity index (χ3v) is 10.4. The van der Waals surface area contributed by atoms with Gasteiger partial charge in [0.2, 0.25) is 15.9 Å². The smallest absolute Gasteiger partial charge is 0.264 e. The Balaban J connectivity index is 1.36. The molecule has 0 unspecified atom stereocenters. The summed E-state index contributed by atoms with van der Waals surface area (Å²) in [6.45, 7) is 4.66. The number of nitrogens with zero attached hydrogens (tertiary/aromatic N) is 2. The number of benzene rings is 3. The van der Waals surface area contributed by atoms with E-state index in [-0.39, 0.29) is 22.9 Å². The van der Waals surface area contributed by atoms with Crippen molar-refractivity contribution in [2.45, 2.75) is 42.9 Å². The highest BCUT2D eigenvalue weighted by molar-refractivity contribution is 7.92. The lowest BCUT2D eigenvalue weighted by Gasteiger charge is -2.26. The minimum absolute atomic E-state index is 0.0943. The van der Waals surface area contributed by atoms with E-state index in [9.17, 15) is 21.6 Å². The number of rotatable bonds is 11. The fourth-order valence-corrected chi connectivity index (χ4v) is 7.64. The van der Waals surface area contributed by atoms with Gasteiger partial charge < -0.3 is 10.1 Å². The Morgan fingerprint density at radius 1 is 0.875 bits per heavy atom. The number of amides is 1. The molecule has 0 radical (unpaired) electrons. The number of piperidine rings is 1. The van der Waals surface area contributed by atoms with Crippen LogP contribution < -0.4 is 14.4 Å². The summed E-state index contributed by atoms with van der Waals surface area (Å²) in [5, 5.41) is 2.71. The molecule has 3 aromatic carbocycles. The number of carbonyl (C=O) groups is 1. The summed E-state index contributed by atoms with van der Waals surface area (Å²) in [7, 11) is -7.51.